The minimum absolute atomic E-state index is 0.161. The lowest BCUT2D eigenvalue weighted by atomic mass is 10.2. The third-order valence-electron chi connectivity index (χ3n) is 2.89. The summed E-state index contributed by atoms with van der Waals surface area (Å²) in [5.41, 5.74) is 5.99. The summed E-state index contributed by atoms with van der Waals surface area (Å²) in [6.45, 7) is 1.86. The second-order valence-electron chi connectivity index (χ2n) is 4.69. The number of H-pyrrole nitrogens is 1. The van der Waals surface area contributed by atoms with Gasteiger partial charge in [-0.3, -0.25) is 4.79 Å². The van der Waals surface area contributed by atoms with Gasteiger partial charge >= 0.3 is 0 Å². The molecule has 118 valence electrons. The summed E-state index contributed by atoms with van der Waals surface area (Å²) in [5.74, 6) is 0.952. The molecule has 0 bridgehead atoms. The number of nitrogens with two attached hydrogens (primary N) is 1. The number of thioether (sulfide) groups is 1. The highest BCUT2D eigenvalue weighted by Gasteiger charge is 2.17. The van der Waals surface area contributed by atoms with Gasteiger partial charge in [0.2, 0.25) is 11.8 Å². The van der Waals surface area contributed by atoms with E-state index in [4.69, 9.17) is 21.8 Å². The lowest BCUT2D eigenvalue weighted by Gasteiger charge is -2.05. The average molecular weight is 350 g/mol. The molecule has 1 atom stereocenters. The largest absolute Gasteiger partial charge is 0.419 e. The number of rotatable bonds is 4. The molecule has 1 aromatic carbocycles. The van der Waals surface area contributed by atoms with Crippen molar-refractivity contribution < 1.29 is 4.42 Å². The number of benzene rings is 1. The zero-order chi connectivity index (χ0) is 16.4. The fourth-order valence-corrected chi connectivity index (χ4v) is 2.90. The molecule has 0 spiro atoms. The molecule has 3 N–H and O–H groups in total. The predicted molar refractivity (Wildman–Crippen MR) is 88.3 cm³/mol. The summed E-state index contributed by atoms with van der Waals surface area (Å²) in [6, 6.07) is 8.37. The van der Waals surface area contributed by atoms with Crippen LogP contribution in [0, 0.1) is 0 Å². The molecular weight excluding hydrogens is 338 g/mol. The molecule has 0 radical (unpaired) electrons. The highest BCUT2D eigenvalue weighted by Crippen LogP contribution is 2.33. The van der Waals surface area contributed by atoms with E-state index in [2.05, 4.69) is 20.2 Å². The number of hydrogen-bond donors (Lipinski definition) is 2. The number of aromatic amines is 1. The maximum atomic E-state index is 11.4. The molecule has 3 rings (SSSR count). The van der Waals surface area contributed by atoms with E-state index in [9.17, 15) is 4.79 Å². The fraction of sp³-hybridized carbons (Fsp3) is 0.143. The van der Waals surface area contributed by atoms with Gasteiger partial charge in [-0.05, 0) is 25.1 Å². The topological polar surface area (TPSA) is 111 Å². The monoisotopic (exact) mass is 349 g/mol. The summed E-state index contributed by atoms with van der Waals surface area (Å²) in [5, 5.41) is 8.83. The van der Waals surface area contributed by atoms with Crippen molar-refractivity contribution in [1.82, 2.24) is 20.2 Å². The van der Waals surface area contributed by atoms with E-state index in [1.54, 1.807) is 18.2 Å². The Hall–Kier alpha value is -2.32. The standard InChI is InChI=1S/C14H12ClN5O2S/c1-7(23-14-17-10(16)6-11(21)18-14)12-19-20-13(22-12)8-3-2-4-9(15)5-8/h2-7H,1H3,(H3,16,17,18,21). The molecule has 3 aromatic rings. The number of anilines is 1. The van der Waals surface area contributed by atoms with Crippen molar-refractivity contribution in [2.75, 3.05) is 5.73 Å². The van der Waals surface area contributed by atoms with Crippen molar-refractivity contribution in [3.05, 3.63) is 51.6 Å². The molecule has 0 saturated carbocycles. The van der Waals surface area contributed by atoms with E-state index < -0.39 is 0 Å². The van der Waals surface area contributed by atoms with E-state index >= 15 is 0 Å². The van der Waals surface area contributed by atoms with Gasteiger partial charge in [-0.1, -0.05) is 29.4 Å². The van der Waals surface area contributed by atoms with Crippen LogP contribution in [0.5, 0.6) is 0 Å². The van der Waals surface area contributed by atoms with Crippen LogP contribution >= 0.6 is 23.4 Å². The normalized spacial score (nSPS) is 12.3. The number of halogens is 1. The van der Waals surface area contributed by atoms with Gasteiger partial charge in [0.15, 0.2) is 5.16 Å². The SMILES string of the molecule is CC(Sc1nc(N)cc(=O)[nH]1)c1nnc(-c2cccc(Cl)c2)o1. The quantitative estimate of drug-likeness (QED) is 0.550. The number of aromatic nitrogens is 4. The van der Waals surface area contributed by atoms with Gasteiger partial charge < -0.3 is 15.1 Å². The Kier molecular flexibility index (Phi) is 4.35. The first-order valence-corrected chi connectivity index (χ1v) is 7.90. The van der Waals surface area contributed by atoms with Crippen LogP contribution in [0.3, 0.4) is 0 Å². The van der Waals surface area contributed by atoms with Gasteiger partial charge in [0.1, 0.15) is 5.82 Å². The van der Waals surface area contributed by atoms with Crippen LogP contribution in [0.1, 0.15) is 18.1 Å². The zero-order valence-corrected chi connectivity index (χ0v) is 13.6. The Morgan fingerprint density at radius 3 is 2.91 bits per heavy atom. The summed E-state index contributed by atoms with van der Waals surface area (Å²) >= 11 is 7.22. The van der Waals surface area contributed by atoms with Crippen LogP contribution in [0.15, 0.2) is 44.7 Å². The minimum atomic E-state index is -0.308. The lowest BCUT2D eigenvalue weighted by Crippen LogP contribution is -2.09. The number of nitrogens with zero attached hydrogens (tertiary/aromatic N) is 3. The van der Waals surface area contributed by atoms with Crippen molar-refractivity contribution in [2.24, 2.45) is 0 Å². The molecule has 0 amide bonds. The molecule has 1 unspecified atom stereocenters. The van der Waals surface area contributed by atoms with Gasteiger partial charge in [0.05, 0.1) is 5.25 Å². The van der Waals surface area contributed by atoms with Crippen molar-refractivity contribution in [3.8, 4) is 11.5 Å². The molecule has 9 heteroatoms. The van der Waals surface area contributed by atoms with Crippen LogP contribution in [0.25, 0.3) is 11.5 Å². The number of hydrogen-bond acceptors (Lipinski definition) is 7. The third-order valence-corrected chi connectivity index (χ3v) is 4.10. The second-order valence-corrected chi connectivity index (χ2v) is 6.46. The van der Waals surface area contributed by atoms with Gasteiger partial charge in [-0.25, -0.2) is 4.98 Å². The Balaban J connectivity index is 1.81. The summed E-state index contributed by atoms with van der Waals surface area (Å²) in [7, 11) is 0. The number of nitrogen functional groups attached to an aromatic ring is 1. The first kappa shape index (κ1) is 15.6. The summed E-state index contributed by atoms with van der Waals surface area (Å²) < 4.78 is 5.67. The van der Waals surface area contributed by atoms with E-state index in [1.165, 1.54) is 17.8 Å². The minimum Gasteiger partial charge on any atom is -0.419 e. The molecule has 7 nitrogen and oxygen atoms in total. The Bertz CT molecular complexity index is 895. The van der Waals surface area contributed by atoms with Gasteiger partial charge in [-0.15, -0.1) is 10.2 Å². The molecule has 2 heterocycles. The van der Waals surface area contributed by atoms with Crippen LogP contribution in [0.2, 0.25) is 5.02 Å². The predicted octanol–water partition coefficient (Wildman–Crippen LogP) is 2.91. The van der Waals surface area contributed by atoms with Gasteiger partial charge in [0.25, 0.3) is 5.56 Å². The van der Waals surface area contributed by atoms with Crippen LogP contribution in [-0.4, -0.2) is 20.2 Å². The second kappa shape index (κ2) is 6.43. The fourth-order valence-electron chi connectivity index (χ4n) is 1.86. The van der Waals surface area contributed by atoms with Crippen molar-refractivity contribution in [2.45, 2.75) is 17.3 Å². The smallest absolute Gasteiger partial charge is 0.253 e. The summed E-state index contributed by atoms with van der Waals surface area (Å²) in [6.07, 6.45) is 0. The molecule has 0 saturated heterocycles. The van der Waals surface area contributed by atoms with Crippen LogP contribution in [0.4, 0.5) is 5.82 Å². The van der Waals surface area contributed by atoms with E-state index in [1.807, 2.05) is 13.0 Å². The first-order valence-electron chi connectivity index (χ1n) is 6.64. The number of nitrogens with one attached hydrogen (secondary N) is 1. The highest BCUT2D eigenvalue weighted by atomic mass is 35.5. The maximum Gasteiger partial charge on any atom is 0.253 e. The van der Waals surface area contributed by atoms with Crippen LogP contribution < -0.4 is 11.3 Å². The molecule has 0 aliphatic heterocycles. The average Bonchev–Trinajstić information content (AvgIpc) is 2.96. The maximum absolute atomic E-state index is 11.4. The molecular formula is C14H12ClN5O2S. The summed E-state index contributed by atoms with van der Waals surface area (Å²) in [4.78, 5) is 18.1. The molecule has 23 heavy (non-hydrogen) atoms. The third kappa shape index (κ3) is 3.72. The molecule has 2 aromatic heterocycles. The Morgan fingerprint density at radius 1 is 1.35 bits per heavy atom. The lowest BCUT2D eigenvalue weighted by molar-refractivity contribution is 0.509. The van der Waals surface area contributed by atoms with Gasteiger partial charge in [0, 0.05) is 16.7 Å². The Labute approximate surface area is 140 Å². The first-order chi connectivity index (χ1) is 11.0. The molecule has 0 aliphatic carbocycles. The van der Waals surface area contributed by atoms with E-state index in [0.29, 0.717) is 22.0 Å². The van der Waals surface area contributed by atoms with E-state index in [0.717, 1.165) is 5.56 Å². The molecule has 0 fully saturated rings. The highest BCUT2D eigenvalue weighted by molar-refractivity contribution is 7.99. The zero-order valence-electron chi connectivity index (χ0n) is 12.0. The van der Waals surface area contributed by atoms with Crippen molar-refractivity contribution in [3.63, 3.8) is 0 Å². The van der Waals surface area contributed by atoms with Crippen molar-refractivity contribution >= 4 is 29.2 Å². The van der Waals surface area contributed by atoms with Crippen LogP contribution in [-0.2, 0) is 0 Å². The Morgan fingerprint density at radius 2 is 2.17 bits per heavy atom. The van der Waals surface area contributed by atoms with E-state index in [-0.39, 0.29) is 16.6 Å². The van der Waals surface area contributed by atoms with Crippen molar-refractivity contribution in [1.29, 1.82) is 0 Å². The van der Waals surface area contributed by atoms with Gasteiger partial charge in [-0.2, -0.15) is 0 Å². The molecule has 0 aliphatic rings.